The number of aromatic nitrogens is 2. The number of hydrogen-bond donors (Lipinski definition) is 1. The van der Waals surface area contributed by atoms with Gasteiger partial charge in [0.2, 0.25) is 5.82 Å². The maximum atomic E-state index is 13.2. The molecule has 4 nitrogen and oxygen atoms in total. The number of nitrogens with zero attached hydrogens (tertiary/aromatic N) is 2. The van der Waals surface area contributed by atoms with Crippen LogP contribution in [0.25, 0.3) is 22.8 Å². The lowest BCUT2D eigenvalue weighted by Gasteiger charge is -1.99. The van der Waals surface area contributed by atoms with Gasteiger partial charge in [-0.1, -0.05) is 11.2 Å². The van der Waals surface area contributed by atoms with Crippen molar-refractivity contribution >= 4 is 0 Å². The van der Waals surface area contributed by atoms with Crippen LogP contribution >= 0.6 is 0 Å². The lowest BCUT2D eigenvalue weighted by atomic mass is 10.1. The second-order valence-electron chi connectivity index (χ2n) is 4.58. The molecule has 0 amide bonds. The van der Waals surface area contributed by atoms with E-state index >= 15 is 0 Å². The number of aromatic hydroxyl groups is 1. The Morgan fingerprint density at radius 3 is 2.38 bits per heavy atom. The van der Waals surface area contributed by atoms with Crippen molar-refractivity contribution in [3.63, 3.8) is 0 Å². The summed E-state index contributed by atoms with van der Waals surface area (Å²) >= 11 is 0. The molecule has 0 aliphatic carbocycles. The van der Waals surface area contributed by atoms with Crippen LogP contribution in [0.1, 0.15) is 5.56 Å². The van der Waals surface area contributed by atoms with Crippen LogP contribution in [0.3, 0.4) is 0 Å². The van der Waals surface area contributed by atoms with Crippen molar-refractivity contribution in [2.24, 2.45) is 0 Å². The van der Waals surface area contributed by atoms with Gasteiger partial charge < -0.3 is 9.63 Å². The molecule has 0 saturated carbocycles. The van der Waals surface area contributed by atoms with Crippen LogP contribution in [0.15, 0.2) is 40.9 Å². The third-order valence-corrected chi connectivity index (χ3v) is 3.00. The molecule has 3 rings (SSSR count). The molecule has 0 spiro atoms. The topological polar surface area (TPSA) is 59.2 Å². The van der Waals surface area contributed by atoms with E-state index in [0.717, 1.165) is 18.2 Å². The summed E-state index contributed by atoms with van der Waals surface area (Å²) in [4.78, 5) is 4.08. The molecule has 0 atom stereocenters. The number of phenols is 1. The molecule has 0 saturated heterocycles. The Kier molecular flexibility index (Phi) is 3.13. The molecule has 2 aromatic carbocycles. The molecule has 6 heteroatoms. The first-order valence-corrected chi connectivity index (χ1v) is 6.13. The normalized spacial score (nSPS) is 10.8. The summed E-state index contributed by atoms with van der Waals surface area (Å²) in [7, 11) is 0. The Hall–Kier alpha value is -2.76. The minimum absolute atomic E-state index is 0.0727. The summed E-state index contributed by atoms with van der Waals surface area (Å²) in [5.41, 5.74) is 1.42. The highest BCUT2D eigenvalue weighted by Crippen LogP contribution is 2.27. The Labute approximate surface area is 118 Å². The van der Waals surface area contributed by atoms with Gasteiger partial charge in [0.15, 0.2) is 0 Å². The van der Waals surface area contributed by atoms with Gasteiger partial charge in [-0.25, -0.2) is 8.78 Å². The van der Waals surface area contributed by atoms with Gasteiger partial charge in [-0.2, -0.15) is 4.98 Å². The summed E-state index contributed by atoms with van der Waals surface area (Å²) < 4.78 is 31.4. The van der Waals surface area contributed by atoms with E-state index in [1.54, 1.807) is 19.1 Å². The number of benzene rings is 2. The monoisotopic (exact) mass is 288 g/mol. The average Bonchev–Trinajstić information content (AvgIpc) is 2.90. The first-order chi connectivity index (χ1) is 10.0. The quantitative estimate of drug-likeness (QED) is 0.781. The van der Waals surface area contributed by atoms with Crippen molar-refractivity contribution in [3.05, 3.63) is 53.6 Å². The Morgan fingerprint density at radius 2 is 1.71 bits per heavy atom. The summed E-state index contributed by atoms with van der Waals surface area (Å²) in [6.07, 6.45) is 0. The van der Waals surface area contributed by atoms with Gasteiger partial charge in [0.1, 0.15) is 17.4 Å². The fourth-order valence-corrected chi connectivity index (χ4v) is 1.88. The standard InChI is InChI=1S/C15H10F2N2O2/c1-8-2-3-9(6-13(8)20)15-18-14(19-21-15)10-4-11(16)7-12(17)5-10/h2-7,20H,1H3. The number of halogens is 2. The molecule has 3 aromatic rings. The van der Waals surface area contributed by atoms with Gasteiger partial charge in [-0.15, -0.1) is 0 Å². The van der Waals surface area contributed by atoms with Crippen LogP contribution in [0, 0.1) is 18.6 Å². The van der Waals surface area contributed by atoms with Crippen molar-refractivity contribution in [1.29, 1.82) is 0 Å². The molecule has 0 aliphatic heterocycles. The maximum absolute atomic E-state index is 13.2. The SMILES string of the molecule is Cc1ccc(-c2nc(-c3cc(F)cc(F)c3)no2)cc1O. The van der Waals surface area contributed by atoms with Crippen LogP contribution in [0.2, 0.25) is 0 Å². The van der Waals surface area contributed by atoms with Crippen molar-refractivity contribution < 1.29 is 18.4 Å². The van der Waals surface area contributed by atoms with E-state index in [0.29, 0.717) is 11.1 Å². The van der Waals surface area contributed by atoms with E-state index in [1.807, 2.05) is 0 Å². The van der Waals surface area contributed by atoms with Crippen LogP contribution in [0.5, 0.6) is 5.75 Å². The van der Waals surface area contributed by atoms with Crippen LogP contribution in [-0.4, -0.2) is 15.2 Å². The molecule has 106 valence electrons. The van der Waals surface area contributed by atoms with Gasteiger partial charge in [0.05, 0.1) is 0 Å². The predicted octanol–water partition coefficient (Wildman–Crippen LogP) is 3.70. The van der Waals surface area contributed by atoms with E-state index in [9.17, 15) is 13.9 Å². The van der Waals surface area contributed by atoms with E-state index < -0.39 is 11.6 Å². The number of aryl methyl sites for hydroxylation is 1. The first kappa shape index (κ1) is 13.2. The van der Waals surface area contributed by atoms with Crippen molar-refractivity contribution in [2.75, 3.05) is 0 Å². The fourth-order valence-electron chi connectivity index (χ4n) is 1.88. The van der Waals surface area contributed by atoms with Gasteiger partial charge in [0, 0.05) is 17.2 Å². The van der Waals surface area contributed by atoms with Crippen molar-refractivity contribution in [3.8, 4) is 28.6 Å². The number of phenolic OH excluding ortho intramolecular Hbond substituents is 1. The van der Waals surface area contributed by atoms with Crippen molar-refractivity contribution in [2.45, 2.75) is 6.92 Å². The molecular weight excluding hydrogens is 278 g/mol. The molecule has 0 fully saturated rings. The predicted molar refractivity (Wildman–Crippen MR) is 71.5 cm³/mol. The van der Waals surface area contributed by atoms with Gasteiger partial charge in [0.25, 0.3) is 5.89 Å². The molecule has 21 heavy (non-hydrogen) atoms. The highest BCUT2D eigenvalue weighted by molar-refractivity contribution is 5.61. The minimum Gasteiger partial charge on any atom is -0.508 e. The molecule has 1 aromatic heterocycles. The minimum atomic E-state index is -0.718. The van der Waals surface area contributed by atoms with E-state index in [1.165, 1.54) is 6.07 Å². The Balaban J connectivity index is 2.01. The van der Waals surface area contributed by atoms with Crippen molar-refractivity contribution in [1.82, 2.24) is 10.1 Å². The summed E-state index contributed by atoms with van der Waals surface area (Å²) in [5, 5.41) is 13.4. The average molecular weight is 288 g/mol. The van der Waals surface area contributed by atoms with Gasteiger partial charge >= 0.3 is 0 Å². The third-order valence-electron chi connectivity index (χ3n) is 3.00. The maximum Gasteiger partial charge on any atom is 0.258 e. The number of rotatable bonds is 2. The molecule has 0 radical (unpaired) electrons. The summed E-state index contributed by atoms with van der Waals surface area (Å²) in [5.74, 6) is -1.11. The molecule has 0 bridgehead atoms. The molecule has 1 N–H and O–H groups in total. The smallest absolute Gasteiger partial charge is 0.258 e. The van der Waals surface area contributed by atoms with E-state index in [-0.39, 0.29) is 23.0 Å². The zero-order valence-electron chi connectivity index (χ0n) is 11.0. The highest BCUT2D eigenvalue weighted by atomic mass is 19.1. The highest BCUT2D eigenvalue weighted by Gasteiger charge is 2.13. The fraction of sp³-hybridized carbons (Fsp3) is 0.0667. The van der Waals surface area contributed by atoms with Crippen LogP contribution in [-0.2, 0) is 0 Å². The Bertz CT molecular complexity index is 795. The Morgan fingerprint density at radius 1 is 1.00 bits per heavy atom. The number of hydrogen-bond acceptors (Lipinski definition) is 4. The lowest BCUT2D eigenvalue weighted by molar-refractivity contribution is 0.431. The van der Waals surface area contributed by atoms with Crippen LogP contribution in [0.4, 0.5) is 8.78 Å². The lowest BCUT2D eigenvalue weighted by Crippen LogP contribution is -1.86. The molecule has 0 aliphatic rings. The molecular formula is C15H10F2N2O2. The molecule has 0 unspecified atom stereocenters. The van der Waals surface area contributed by atoms with E-state index in [2.05, 4.69) is 10.1 Å². The van der Waals surface area contributed by atoms with Gasteiger partial charge in [-0.3, -0.25) is 0 Å². The van der Waals surface area contributed by atoms with Crippen LogP contribution < -0.4 is 0 Å². The summed E-state index contributed by atoms with van der Waals surface area (Å²) in [6, 6.07) is 7.89. The zero-order valence-corrected chi connectivity index (χ0v) is 11.0. The first-order valence-electron chi connectivity index (χ1n) is 6.13. The summed E-state index contributed by atoms with van der Waals surface area (Å²) in [6.45, 7) is 1.76. The second kappa shape index (κ2) is 4.97. The molecule has 1 heterocycles. The zero-order chi connectivity index (χ0) is 15.0. The third kappa shape index (κ3) is 2.60. The van der Waals surface area contributed by atoms with Gasteiger partial charge in [-0.05, 0) is 36.8 Å². The van der Waals surface area contributed by atoms with E-state index in [4.69, 9.17) is 4.52 Å². The second-order valence-corrected chi connectivity index (χ2v) is 4.58. The largest absolute Gasteiger partial charge is 0.508 e.